The number of nitrogens with one attached hydrogen (secondary N) is 1. The maximum Gasteiger partial charge on any atom is 0.237 e. The van der Waals surface area contributed by atoms with Gasteiger partial charge in [-0.3, -0.25) is 4.79 Å². The number of hydrogen-bond donors (Lipinski definition) is 2. The van der Waals surface area contributed by atoms with E-state index in [0.717, 1.165) is 11.3 Å². The molecule has 6 nitrogen and oxygen atoms in total. The second-order valence-corrected chi connectivity index (χ2v) is 8.13. The first-order valence-corrected chi connectivity index (χ1v) is 8.71. The van der Waals surface area contributed by atoms with Crippen LogP contribution in [0.15, 0.2) is 11.6 Å². The normalized spacial score (nSPS) is 14.1. The largest absolute Gasteiger partial charge is 0.343 e. The highest BCUT2D eigenvalue weighted by Crippen LogP contribution is 2.21. The van der Waals surface area contributed by atoms with Crippen LogP contribution in [0, 0.1) is 0 Å². The lowest BCUT2D eigenvalue weighted by Gasteiger charge is -2.25. The fourth-order valence-electron chi connectivity index (χ4n) is 1.46. The Hall–Kier alpha value is -0.990. The molecule has 0 aliphatic heterocycles. The van der Waals surface area contributed by atoms with Crippen LogP contribution in [0.4, 0.5) is 0 Å². The molecule has 0 saturated heterocycles. The summed E-state index contributed by atoms with van der Waals surface area (Å²) in [6, 6.07) is -0.839. The van der Waals surface area contributed by atoms with Crippen molar-refractivity contribution in [1.29, 1.82) is 0 Å². The van der Waals surface area contributed by atoms with E-state index in [9.17, 15) is 13.2 Å². The van der Waals surface area contributed by atoms with Crippen molar-refractivity contribution in [2.24, 2.45) is 5.73 Å². The van der Waals surface area contributed by atoms with Crippen LogP contribution in [0.2, 0.25) is 0 Å². The summed E-state index contributed by atoms with van der Waals surface area (Å²) in [5, 5.41) is 5.38. The number of sulfone groups is 1. The molecule has 1 aromatic rings. The third kappa shape index (κ3) is 5.25. The third-order valence-electron chi connectivity index (χ3n) is 2.54. The molecule has 0 bridgehead atoms. The highest BCUT2D eigenvalue weighted by Gasteiger charge is 2.28. The van der Waals surface area contributed by atoms with Crippen LogP contribution in [0.1, 0.15) is 25.3 Å². The lowest BCUT2D eigenvalue weighted by molar-refractivity contribution is -0.124. The van der Waals surface area contributed by atoms with Gasteiger partial charge in [0.2, 0.25) is 5.91 Å². The van der Waals surface area contributed by atoms with Crippen LogP contribution < -0.4 is 11.1 Å². The number of amides is 1. The van der Waals surface area contributed by atoms with Gasteiger partial charge in [0, 0.05) is 17.8 Å². The number of hydrogen-bond acceptors (Lipinski definition) is 6. The zero-order valence-corrected chi connectivity index (χ0v) is 12.8. The SMILES string of the molecule is CC(C)(NC(=O)C(N)CCS(C)(=O)=O)c1nccs1. The Morgan fingerprint density at radius 3 is 2.68 bits per heavy atom. The number of nitrogens with two attached hydrogens (primary N) is 1. The predicted molar refractivity (Wildman–Crippen MR) is 75.6 cm³/mol. The van der Waals surface area contributed by atoms with Gasteiger partial charge in [0.05, 0.1) is 17.3 Å². The zero-order chi connectivity index (χ0) is 14.7. The van der Waals surface area contributed by atoms with E-state index in [-0.39, 0.29) is 18.1 Å². The van der Waals surface area contributed by atoms with Crippen LogP contribution in [0.5, 0.6) is 0 Å². The summed E-state index contributed by atoms with van der Waals surface area (Å²) in [5.41, 5.74) is 5.07. The zero-order valence-electron chi connectivity index (χ0n) is 11.2. The number of thiazole rings is 1. The average Bonchev–Trinajstić information content (AvgIpc) is 2.78. The number of aromatic nitrogens is 1. The minimum absolute atomic E-state index is 0.0979. The van der Waals surface area contributed by atoms with Crippen LogP contribution in [0.3, 0.4) is 0 Å². The maximum absolute atomic E-state index is 11.9. The molecule has 1 rings (SSSR count). The van der Waals surface area contributed by atoms with E-state index >= 15 is 0 Å². The number of carbonyl (C=O) groups excluding carboxylic acids is 1. The lowest BCUT2D eigenvalue weighted by atomic mass is 10.1. The molecule has 0 aromatic carbocycles. The Morgan fingerprint density at radius 2 is 2.21 bits per heavy atom. The van der Waals surface area contributed by atoms with Gasteiger partial charge in [0.25, 0.3) is 0 Å². The summed E-state index contributed by atoms with van der Waals surface area (Å²) in [5.74, 6) is -0.469. The molecule has 1 atom stereocenters. The molecule has 0 saturated carbocycles. The van der Waals surface area contributed by atoms with Gasteiger partial charge in [-0.2, -0.15) is 0 Å². The van der Waals surface area contributed by atoms with Gasteiger partial charge in [-0.05, 0) is 20.3 Å². The fraction of sp³-hybridized carbons (Fsp3) is 0.636. The monoisotopic (exact) mass is 305 g/mol. The van der Waals surface area contributed by atoms with Crippen molar-refractivity contribution in [3.63, 3.8) is 0 Å². The summed E-state index contributed by atoms with van der Waals surface area (Å²) in [4.78, 5) is 16.1. The molecular formula is C11H19N3O3S2. The Kier molecular flexibility index (Phi) is 5.05. The molecule has 3 N–H and O–H groups in total. The first kappa shape index (κ1) is 16.1. The van der Waals surface area contributed by atoms with Gasteiger partial charge in [0.15, 0.2) is 0 Å². The van der Waals surface area contributed by atoms with Gasteiger partial charge in [-0.1, -0.05) is 0 Å². The van der Waals surface area contributed by atoms with Gasteiger partial charge in [-0.15, -0.1) is 11.3 Å². The van der Waals surface area contributed by atoms with Crippen molar-refractivity contribution in [3.8, 4) is 0 Å². The highest BCUT2D eigenvalue weighted by molar-refractivity contribution is 7.90. The molecule has 108 valence electrons. The second kappa shape index (κ2) is 5.98. The van der Waals surface area contributed by atoms with Gasteiger partial charge in [-0.25, -0.2) is 13.4 Å². The molecule has 0 aliphatic rings. The second-order valence-electron chi connectivity index (χ2n) is 4.98. The van der Waals surface area contributed by atoms with E-state index in [2.05, 4.69) is 10.3 Å². The Bertz CT molecular complexity index is 523. The van der Waals surface area contributed by atoms with Crippen molar-refractivity contribution in [2.45, 2.75) is 31.8 Å². The quantitative estimate of drug-likeness (QED) is 0.784. The number of rotatable bonds is 6. The Balaban J connectivity index is 2.59. The van der Waals surface area contributed by atoms with E-state index < -0.39 is 21.4 Å². The molecule has 0 radical (unpaired) electrons. The van der Waals surface area contributed by atoms with Crippen molar-refractivity contribution in [1.82, 2.24) is 10.3 Å². The van der Waals surface area contributed by atoms with E-state index in [4.69, 9.17) is 5.73 Å². The molecule has 1 aromatic heterocycles. The molecule has 1 amide bonds. The molecule has 0 fully saturated rings. The van der Waals surface area contributed by atoms with Crippen LogP contribution >= 0.6 is 11.3 Å². The van der Waals surface area contributed by atoms with Gasteiger partial charge >= 0.3 is 0 Å². The van der Waals surface area contributed by atoms with Crippen molar-refractivity contribution in [2.75, 3.05) is 12.0 Å². The molecule has 0 aliphatic carbocycles. The highest BCUT2D eigenvalue weighted by atomic mass is 32.2. The van der Waals surface area contributed by atoms with E-state index in [0.29, 0.717) is 0 Å². The van der Waals surface area contributed by atoms with Crippen LogP contribution in [-0.2, 0) is 20.2 Å². The summed E-state index contributed by atoms with van der Waals surface area (Å²) >= 11 is 1.44. The third-order valence-corrected chi connectivity index (χ3v) is 4.61. The van der Waals surface area contributed by atoms with Gasteiger partial charge < -0.3 is 11.1 Å². The van der Waals surface area contributed by atoms with E-state index in [1.807, 2.05) is 19.2 Å². The predicted octanol–water partition coefficient (Wildman–Crippen LogP) is 0.256. The summed E-state index contributed by atoms with van der Waals surface area (Å²) in [6.07, 6.45) is 2.90. The summed E-state index contributed by atoms with van der Waals surface area (Å²) < 4.78 is 22.1. The smallest absolute Gasteiger partial charge is 0.237 e. The van der Waals surface area contributed by atoms with Crippen molar-refractivity contribution in [3.05, 3.63) is 16.6 Å². The molecule has 19 heavy (non-hydrogen) atoms. The van der Waals surface area contributed by atoms with Crippen LogP contribution in [0.25, 0.3) is 0 Å². The molecule has 1 heterocycles. The Morgan fingerprint density at radius 1 is 1.58 bits per heavy atom. The first-order chi connectivity index (χ1) is 8.62. The van der Waals surface area contributed by atoms with Gasteiger partial charge in [0.1, 0.15) is 14.8 Å². The number of carbonyl (C=O) groups is 1. The fourth-order valence-corrected chi connectivity index (χ4v) is 2.86. The molecule has 0 spiro atoms. The molecule has 1 unspecified atom stereocenters. The molecule has 8 heteroatoms. The standard InChI is InChI=1S/C11H19N3O3S2/c1-11(2,10-13-5-6-18-10)14-9(15)8(12)4-7-19(3,16)17/h5-6,8H,4,7,12H2,1-3H3,(H,14,15). The topological polar surface area (TPSA) is 102 Å². The Labute approximate surface area is 117 Å². The van der Waals surface area contributed by atoms with E-state index in [1.165, 1.54) is 11.3 Å². The van der Waals surface area contributed by atoms with Crippen molar-refractivity contribution >= 4 is 27.1 Å². The first-order valence-electron chi connectivity index (χ1n) is 5.77. The van der Waals surface area contributed by atoms with E-state index in [1.54, 1.807) is 6.20 Å². The van der Waals surface area contributed by atoms with Crippen molar-refractivity contribution < 1.29 is 13.2 Å². The minimum Gasteiger partial charge on any atom is -0.343 e. The summed E-state index contributed by atoms with van der Waals surface area (Å²) in [7, 11) is -3.11. The van der Waals surface area contributed by atoms with Crippen LogP contribution in [-0.4, -0.2) is 37.4 Å². The molecular weight excluding hydrogens is 286 g/mol. The number of nitrogens with zero attached hydrogens (tertiary/aromatic N) is 1. The average molecular weight is 305 g/mol. The minimum atomic E-state index is -3.11. The maximum atomic E-state index is 11.9. The lowest BCUT2D eigenvalue weighted by Crippen LogP contribution is -2.49. The summed E-state index contributed by atoms with van der Waals surface area (Å²) in [6.45, 7) is 3.65.